The summed E-state index contributed by atoms with van der Waals surface area (Å²) in [7, 11) is 1.62. The van der Waals surface area contributed by atoms with Gasteiger partial charge in [-0.2, -0.15) is 0 Å². The van der Waals surface area contributed by atoms with Crippen LogP contribution >= 0.6 is 0 Å². The monoisotopic (exact) mass is 401 g/mol. The van der Waals surface area contributed by atoms with Crippen LogP contribution in [-0.2, 0) is 13.6 Å². The van der Waals surface area contributed by atoms with E-state index in [0.29, 0.717) is 35.5 Å². The van der Waals surface area contributed by atoms with Crippen molar-refractivity contribution in [2.75, 3.05) is 18.4 Å². The Bertz CT molecular complexity index is 1170. The molecule has 0 unspecified atom stereocenters. The van der Waals surface area contributed by atoms with E-state index < -0.39 is 17.8 Å². The molecule has 0 aliphatic carbocycles. The van der Waals surface area contributed by atoms with Crippen LogP contribution in [0, 0.1) is 5.82 Å². The number of nitrogens with one attached hydrogen (secondary N) is 2. The number of benzene rings is 1. The van der Waals surface area contributed by atoms with Crippen molar-refractivity contribution >= 4 is 22.4 Å². The molecule has 29 heavy (non-hydrogen) atoms. The van der Waals surface area contributed by atoms with Crippen LogP contribution in [0.15, 0.2) is 41.5 Å². The van der Waals surface area contributed by atoms with Crippen LogP contribution < -0.4 is 16.2 Å². The normalized spacial score (nSPS) is 13.9. The van der Waals surface area contributed by atoms with E-state index in [4.69, 9.17) is 0 Å². The minimum absolute atomic E-state index is 0.0407. The smallest absolute Gasteiger partial charge is 0.266 e. The molecule has 0 saturated carbocycles. The van der Waals surface area contributed by atoms with Gasteiger partial charge < -0.3 is 10.6 Å². The Morgan fingerprint density at radius 2 is 2.14 bits per heavy atom. The molecule has 1 aliphatic rings. The highest BCUT2D eigenvalue weighted by Gasteiger charge is 2.18. The molecule has 0 bridgehead atoms. The molecule has 3 heterocycles. The number of hydrogen-bond donors (Lipinski definition) is 2. The molecule has 2 N–H and O–H groups in total. The van der Waals surface area contributed by atoms with E-state index in [2.05, 4.69) is 20.6 Å². The molecule has 2 aromatic heterocycles. The van der Waals surface area contributed by atoms with E-state index >= 15 is 0 Å². The van der Waals surface area contributed by atoms with E-state index in [9.17, 15) is 18.0 Å². The maximum atomic E-state index is 14.3. The highest BCUT2D eigenvalue weighted by atomic mass is 19.3. The third-order valence-corrected chi connectivity index (χ3v) is 4.95. The number of nitrogens with zero attached hydrogens (tertiary/aromatic N) is 3. The largest absolute Gasteiger partial charge is 0.365 e. The molecule has 1 aliphatic heterocycles. The lowest BCUT2D eigenvalue weighted by molar-refractivity contribution is 0.146. The van der Waals surface area contributed by atoms with Gasteiger partial charge in [0.2, 0.25) is 0 Å². The van der Waals surface area contributed by atoms with E-state index in [1.54, 1.807) is 13.1 Å². The third kappa shape index (κ3) is 3.49. The molecule has 3 aromatic rings. The van der Waals surface area contributed by atoms with E-state index in [0.717, 1.165) is 11.6 Å². The molecule has 0 fully saturated rings. The summed E-state index contributed by atoms with van der Waals surface area (Å²) in [4.78, 5) is 21.1. The van der Waals surface area contributed by atoms with Crippen molar-refractivity contribution in [1.29, 1.82) is 0 Å². The minimum Gasteiger partial charge on any atom is -0.365 e. The van der Waals surface area contributed by atoms with Crippen LogP contribution in [0.4, 0.5) is 19.0 Å². The Hall–Kier alpha value is -3.20. The second-order valence-corrected chi connectivity index (χ2v) is 6.72. The molecule has 1 aromatic carbocycles. The Kier molecular flexibility index (Phi) is 5.06. The average Bonchev–Trinajstić information content (AvgIpc) is 3.24. The topological polar surface area (TPSA) is 71.8 Å². The highest BCUT2D eigenvalue weighted by Crippen LogP contribution is 2.26. The van der Waals surface area contributed by atoms with E-state index in [-0.39, 0.29) is 17.7 Å². The first kappa shape index (κ1) is 19.1. The standard InChI is InChI=1S/C20H18F3N5O/c1-28-19-15(7-14(20(28)29)11-5-6-24-8-11)18(26-10-27-19)25-9-12-3-2-4-13(16(12)21)17(22)23/h2-5,7,10,17,24H,6,8-9H2,1H3,(H,25,26,27). The van der Waals surface area contributed by atoms with Crippen LogP contribution in [-0.4, -0.2) is 27.6 Å². The van der Waals surface area contributed by atoms with Gasteiger partial charge in [0.05, 0.1) is 10.9 Å². The van der Waals surface area contributed by atoms with E-state index in [1.165, 1.54) is 23.0 Å². The number of aromatic nitrogens is 3. The Labute approximate surface area is 164 Å². The molecule has 0 radical (unpaired) electrons. The zero-order valence-corrected chi connectivity index (χ0v) is 15.5. The number of aryl methyl sites for hydroxylation is 1. The fourth-order valence-electron chi connectivity index (χ4n) is 3.40. The maximum Gasteiger partial charge on any atom is 0.266 e. The van der Waals surface area contributed by atoms with Gasteiger partial charge in [0.25, 0.3) is 12.0 Å². The van der Waals surface area contributed by atoms with Crippen LogP contribution in [0.3, 0.4) is 0 Å². The fourth-order valence-corrected chi connectivity index (χ4v) is 3.40. The lowest BCUT2D eigenvalue weighted by Crippen LogP contribution is -2.23. The van der Waals surface area contributed by atoms with Gasteiger partial charge in [-0.3, -0.25) is 9.36 Å². The minimum atomic E-state index is -2.89. The summed E-state index contributed by atoms with van der Waals surface area (Å²) in [6.07, 6.45) is 0.358. The van der Waals surface area contributed by atoms with Crippen LogP contribution in [0.2, 0.25) is 0 Å². The Morgan fingerprint density at radius 3 is 2.86 bits per heavy atom. The van der Waals surface area contributed by atoms with Crippen molar-refractivity contribution in [3.8, 4) is 0 Å². The molecule has 0 amide bonds. The summed E-state index contributed by atoms with van der Waals surface area (Å²) in [5.41, 5.74) is 1.13. The van der Waals surface area contributed by atoms with Gasteiger partial charge in [0.1, 0.15) is 23.6 Å². The number of hydrogen-bond acceptors (Lipinski definition) is 5. The first-order chi connectivity index (χ1) is 14.0. The van der Waals surface area contributed by atoms with Crippen molar-refractivity contribution in [1.82, 2.24) is 19.9 Å². The highest BCUT2D eigenvalue weighted by molar-refractivity contribution is 5.89. The Morgan fingerprint density at radius 1 is 1.31 bits per heavy atom. The summed E-state index contributed by atoms with van der Waals surface area (Å²) in [6, 6.07) is 5.61. The molecular formula is C20H18F3N5O. The molecule has 0 saturated heterocycles. The van der Waals surface area contributed by atoms with Gasteiger partial charge in [-0.15, -0.1) is 0 Å². The SMILES string of the molecule is Cn1c(=O)c(C2=CCNC2)cc2c(NCc3cccc(C(F)F)c3F)ncnc21. The fraction of sp³-hybridized carbons (Fsp3) is 0.250. The number of fused-ring (bicyclic) bond motifs is 1. The lowest BCUT2D eigenvalue weighted by Gasteiger charge is -2.13. The first-order valence-electron chi connectivity index (χ1n) is 9.01. The molecule has 9 heteroatoms. The van der Waals surface area contributed by atoms with Crippen molar-refractivity contribution in [2.24, 2.45) is 7.05 Å². The van der Waals surface area contributed by atoms with Gasteiger partial charge in [-0.1, -0.05) is 24.3 Å². The van der Waals surface area contributed by atoms with Gasteiger partial charge in [0, 0.05) is 37.8 Å². The summed E-state index contributed by atoms with van der Waals surface area (Å²) < 4.78 is 41.6. The van der Waals surface area contributed by atoms with Gasteiger partial charge in [0.15, 0.2) is 0 Å². The number of anilines is 1. The van der Waals surface area contributed by atoms with Crippen LogP contribution in [0.25, 0.3) is 16.6 Å². The molecule has 6 nitrogen and oxygen atoms in total. The first-order valence-corrected chi connectivity index (χ1v) is 9.01. The van der Waals surface area contributed by atoms with Crippen LogP contribution in [0.5, 0.6) is 0 Å². The second-order valence-electron chi connectivity index (χ2n) is 6.72. The van der Waals surface area contributed by atoms with Crippen molar-refractivity contribution in [2.45, 2.75) is 13.0 Å². The van der Waals surface area contributed by atoms with Crippen LogP contribution in [0.1, 0.15) is 23.1 Å². The van der Waals surface area contributed by atoms with Gasteiger partial charge >= 0.3 is 0 Å². The second kappa shape index (κ2) is 7.67. The molecule has 150 valence electrons. The lowest BCUT2D eigenvalue weighted by atomic mass is 10.1. The maximum absolute atomic E-state index is 14.3. The summed E-state index contributed by atoms with van der Waals surface area (Å²) in [5, 5.41) is 6.73. The zero-order chi connectivity index (χ0) is 20.5. The predicted molar refractivity (Wildman–Crippen MR) is 104 cm³/mol. The molecule has 0 spiro atoms. The summed E-state index contributed by atoms with van der Waals surface area (Å²) >= 11 is 0. The van der Waals surface area contributed by atoms with Crippen molar-refractivity contribution in [3.05, 3.63) is 69.5 Å². The Balaban J connectivity index is 1.73. The number of rotatable bonds is 5. The van der Waals surface area contributed by atoms with Gasteiger partial charge in [-0.25, -0.2) is 23.1 Å². The number of alkyl halides is 2. The quantitative estimate of drug-likeness (QED) is 0.688. The molecular weight excluding hydrogens is 383 g/mol. The van der Waals surface area contributed by atoms with Crippen molar-refractivity contribution < 1.29 is 13.2 Å². The summed E-state index contributed by atoms with van der Waals surface area (Å²) in [5.74, 6) is -0.552. The average molecular weight is 401 g/mol. The summed E-state index contributed by atoms with van der Waals surface area (Å²) in [6.45, 7) is 1.23. The van der Waals surface area contributed by atoms with Gasteiger partial charge in [-0.05, 0) is 11.6 Å². The number of pyridine rings is 1. The number of halogens is 3. The van der Waals surface area contributed by atoms with E-state index in [1.807, 2.05) is 6.08 Å². The van der Waals surface area contributed by atoms with Crippen molar-refractivity contribution in [3.63, 3.8) is 0 Å². The molecule has 4 rings (SSSR count). The predicted octanol–water partition coefficient (Wildman–Crippen LogP) is 3.00. The zero-order valence-electron chi connectivity index (χ0n) is 15.5. The molecule has 0 atom stereocenters. The third-order valence-electron chi connectivity index (χ3n) is 4.95.